The molecule has 2 atom stereocenters. The maximum Gasteiger partial charge on any atom is 0.104 e. The smallest absolute Gasteiger partial charge is 0.104 e. The van der Waals surface area contributed by atoms with E-state index in [0.717, 1.165) is 32.5 Å². The zero-order valence-corrected chi connectivity index (χ0v) is 13.0. The number of rotatable bonds is 3. The van der Waals surface area contributed by atoms with Crippen LogP contribution < -0.4 is 4.90 Å². The fraction of sp³-hybridized carbons (Fsp3) is 0.625. The first-order valence-electron chi connectivity index (χ1n) is 8.19. The first-order valence-corrected chi connectivity index (χ1v) is 8.19. The van der Waals surface area contributed by atoms with Crippen molar-refractivity contribution in [1.29, 1.82) is 0 Å². The summed E-state index contributed by atoms with van der Waals surface area (Å²) in [6.45, 7) is 2.99. The predicted molar refractivity (Wildman–Crippen MR) is 83.7 cm³/mol. The van der Waals surface area contributed by atoms with Crippen LogP contribution in [0, 0.1) is 5.92 Å². The molecule has 1 fully saturated rings. The summed E-state index contributed by atoms with van der Waals surface area (Å²) in [5.41, 5.74) is 3.75. The highest BCUT2D eigenvalue weighted by molar-refractivity contribution is 5.51. The average Bonchev–Trinajstić information content (AvgIpc) is 3.17. The average molecular weight is 301 g/mol. The van der Waals surface area contributed by atoms with E-state index in [4.69, 9.17) is 4.74 Å². The Balaban J connectivity index is 1.55. The molecule has 4 rings (SSSR count). The van der Waals surface area contributed by atoms with Crippen molar-refractivity contribution in [2.24, 2.45) is 13.0 Å². The van der Waals surface area contributed by atoms with Gasteiger partial charge in [0.15, 0.2) is 0 Å². The standard InChI is InChI=1S/C16H23N5O/c1-20-14(6-7-18-20)16-12(4-3-9-22-16)11-21-8-2-5-13-15(21)10-17-19-13/h6-7,10,12,16H,2-5,8-9,11H2,1H3,(H,17,19)/t12-,16+/m0/s1. The fourth-order valence-electron chi connectivity index (χ4n) is 3.82. The van der Waals surface area contributed by atoms with E-state index < -0.39 is 0 Å². The molecular weight excluding hydrogens is 278 g/mol. The van der Waals surface area contributed by atoms with Crippen LogP contribution in [0.2, 0.25) is 0 Å². The van der Waals surface area contributed by atoms with Gasteiger partial charge in [0.2, 0.25) is 0 Å². The molecule has 0 bridgehead atoms. The lowest BCUT2D eigenvalue weighted by Crippen LogP contribution is -2.38. The maximum absolute atomic E-state index is 6.12. The number of hydrogen-bond acceptors (Lipinski definition) is 4. The summed E-state index contributed by atoms with van der Waals surface area (Å²) < 4.78 is 8.06. The van der Waals surface area contributed by atoms with Gasteiger partial charge in [0.05, 0.1) is 23.3 Å². The Kier molecular flexibility index (Phi) is 3.62. The lowest BCUT2D eigenvalue weighted by atomic mass is 9.91. The molecule has 2 aromatic rings. The Hall–Kier alpha value is -1.82. The predicted octanol–water partition coefficient (Wildman–Crippen LogP) is 2.06. The van der Waals surface area contributed by atoms with E-state index >= 15 is 0 Å². The Bertz CT molecular complexity index is 634. The van der Waals surface area contributed by atoms with Crippen molar-refractivity contribution in [2.45, 2.75) is 31.8 Å². The number of aromatic nitrogens is 4. The zero-order valence-electron chi connectivity index (χ0n) is 13.0. The van der Waals surface area contributed by atoms with E-state index in [-0.39, 0.29) is 6.10 Å². The van der Waals surface area contributed by atoms with Crippen molar-refractivity contribution in [3.05, 3.63) is 29.8 Å². The van der Waals surface area contributed by atoms with Crippen molar-refractivity contribution < 1.29 is 4.74 Å². The topological polar surface area (TPSA) is 59.0 Å². The third-order valence-electron chi connectivity index (χ3n) is 4.94. The van der Waals surface area contributed by atoms with Crippen LogP contribution in [0.4, 0.5) is 5.69 Å². The summed E-state index contributed by atoms with van der Waals surface area (Å²) in [7, 11) is 2.00. The molecule has 0 spiro atoms. The number of hydrogen-bond donors (Lipinski definition) is 1. The molecule has 6 nitrogen and oxygen atoms in total. The minimum atomic E-state index is 0.151. The van der Waals surface area contributed by atoms with E-state index in [1.165, 1.54) is 29.9 Å². The molecule has 118 valence electrons. The second-order valence-corrected chi connectivity index (χ2v) is 6.36. The van der Waals surface area contributed by atoms with Gasteiger partial charge in [0.1, 0.15) is 6.10 Å². The second kappa shape index (κ2) is 5.76. The molecule has 2 aliphatic rings. The molecule has 2 aliphatic heterocycles. The molecular formula is C16H23N5O. The molecule has 1 N–H and O–H groups in total. The first kappa shape index (κ1) is 13.8. The van der Waals surface area contributed by atoms with Gasteiger partial charge in [-0.25, -0.2) is 0 Å². The number of aryl methyl sites for hydroxylation is 2. The van der Waals surface area contributed by atoms with Crippen LogP contribution in [0.1, 0.15) is 36.8 Å². The van der Waals surface area contributed by atoms with Gasteiger partial charge in [-0.15, -0.1) is 0 Å². The Morgan fingerprint density at radius 3 is 3.23 bits per heavy atom. The van der Waals surface area contributed by atoms with Crippen LogP contribution in [0.5, 0.6) is 0 Å². The highest BCUT2D eigenvalue weighted by Gasteiger charge is 2.32. The van der Waals surface area contributed by atoms with Gasteiger partial charge in [-0.05, 0) is 31.7 Å². The van der Waals surface area contributed by atoms with Crippen LogP contribution >= 0.6 is 0 Å². The molecule has 22 heavy (non-hydrogen) atoms. The number of H-pyrrole nitrogens is 1. The number of fused-ring (bicyclic) bond motifs is 1. The number of nitrogens with zero attached hydrogens (tertiary/aromatic N) is 4. The Labute approximate surface area is 130 Å². The van der Waals surface area contributed by atoms with E-state index in [1.54, 1.807) is 0 Å². The summed E-state index contributed by atoms with van der Waals surface area (Å²) >= 11 is 0. The minimum Gasteiger partial charge on any atom is -0.372 e. The van der Waals surface area contributed by atoms with Crippen molar-refractivity contribution in [3.8, 4) is 0 Å². The quantitative estimate of drug-likeness (QED) is 0.943. The zero-order chi connectivity index (χ0) is 14.9. The summed E-state index contributed by atoms with van der Waals surface area (Å²) in [5, 5.41) is 11.7. The summed E-state index contributed by atoms with van der Waals surface area (Å²) in [6, 6.07) is 2.09. The molecule has 0 amide bonds. The highest BCUT2D eigenvalue weighted by atomic mass is 16.5. The van der Waals surface area contributed by atoms with Crippen LogP contribution in [-0.2, 0) is 18.2 Å². The van der Waals surface area contributed by atoms with Crippen LogP contribution in [0.25, 0.3) is 0 Å². The van der Waals surface area contributed by atoms with E-state index in [1.807, 2.05) is 24.1 Å². The van der Waals surface area contributed by atoms with Crippen molar-refractivity contribution in [3.63, 3.8) is 0 Å². The number of ether oxygens (including phenoxy) is 1. The molecule has 0 unspecified atom stereocenters. The normalized spacial score (nSPS) is 25.2. The van der Waals surface area contributed by atoms with Crippen LogP contribution in [0.15, 0.2) is 18.5 Å². The minimum absolute atomic E-state index is 0.151. The van der Waals surface area contributed by atoms with Gasteiger partial charge < -0.3 is 9.64 Å². The third-order valence-corrected chi connectivity index (χ3v) is 4.94. The van der Waals surface area contributed by atoms with Gasteiger partial charge in [-0.3, -0.25) is 9.78 Å². The lowest BCUT2D eigenvalue weighted by molar-refractivity contribution is -0.0303. The molecule has 1 saturated heterocycles. The van der Waals surface area contributed by atoms with Crippen molar-refractivity contribution >= 4 is 5.69 Å². The monoisotopic (exact) mass is 301 g/mol. The molecule has 2 aromatic heterocycles. The molecule has 0 aliphatic carbocycles. The largest absolute Gasteiger partial charge is 0.372 e. The van der Waals surface area contributed by atoms with Crippen molar-refractivity contribution in [1.82, 2.24) is 20.0 Å². The number of anilines is 1. The summed E-state index contributed by atoms with van der Waals surface area (Å²) in [4.78, 5) is 2.48. The summed E-state index contributed by atoms with van der Waals surface area (Å²) in [6.07, 6.45) is 8.64. The van der Waals surface area contributed by atoms with Gasteiger partial charge in [0.25, 0.3) is 0 Å². The SMILES string of the molecule is Cn1nccc1[C@@H]1OCCC[C@H]1CN1CCCc2[nH]ncc21. The van der Waals surface area contributed by atoms with E-state index in [0.29, 0.717) is 5.92 Å². The molecule has 4 heterocycles. The Morgan fingerprint density at radius 1 is 1.41 bits per heavy atom. The fourth-order valence-corrected chi connectivity index (χ4v) is 3.82. The number of nitrogens with one attached hydrogen (secondary N) is 1. The molecule has 6 heteroatoms. The number of aromatic amines is 1. The van der Waals surface area contributed by atoms with Gasteiger partial charge in [-0.2, -0.15) is 10.2 Å². The van der Waals surface area contributed by atoms with E-state index in [2.05, 4.69) is 26.3 Å². The lowest BCUT2D eigenvalue weighted by Gasteiger charge is -2.37. The Morgan fingerprint density at radius 2 is 2.36 bits per heavy atom. The van der Waals surface area contributed by atoms with Gasteiger partial charge in [-0.1, -0.05) is 0 Å². The van der Waals surface area contributed by atoms with Gasteiger partial charge in [0, 0.05) is 38.9 Å². The molecule has 0 aromatic carbocycles. The van der Waals surface area contributed by atoms with Crippen LogP contribution in [0.3, 0.4) is 0 Å². The second-order valence-electron chi connectivity index (χ2n) is 6.36. The molecule has 0 saturated carbocycles. The van der Waals surface area contributed by atoms with Gasteiger partial charge >= 0.3 is 0 Å². The highest BCUT2D eigenvalue weighted by Crippen LogP contribution is 2.36. The van der Waals surface area contributed by atoms with Crippen LogP contribution in [-0.4, -0.2) is 39.7 Å². The summed E-state index contributed by atoms with van der Waals surface area (Å²) in [5.74, 6) is 0.505. The maximum atomic E-state index is 6.12. The third kappa shape index (κ3) is 2.41. The van der Waals surface area contributed by atoms with E-state index in [9.17, 15) is 0 Å². The molecule has 0 radical (unpaired) electrons. The first-order chi connectivity index (χ1) is 10.8. The van der Waals surface area contributed by atoms with Crippen molar-refractivity contribution in [2.75, 3.05) is 24.6 Å².